The van der Waals surface area contributed by atoms with Crippen LogP contribution in [0.3, 0.4) is 0 Å². The Morgan fingerprint density at radius 2 is 1.88 bits per heavy atom. The van der Waals surface area contributed by atoms with Crippen LogP contribution >= 0.6 is 0 Å². The number of rotatable bonds is 10. The molecule has 0 radical (unpaired) electrons. The van der Waals surface area contributed by atoms with Crippen molar-refractivity contribution in [3.05, 3.63) is 29.8 Å². The number of amides is 1. The van der Waals surface area contributed by atoms with Gasteiger partial charge in [0.15, 0.2) is 0 Å². The highest BCUT2D eigenvalue weighted by molar-refractivity contribution is 5.76. The summed E-state index contributed by atoms with van der Waals surface area (Å²) in [6, 6.07) is 8.08. The molecule has 1 rings (SSSR count). The lowest BCUT2D eigenvalue weighted by Gasteiger charge is -2.26. The molecule has 1 aromatic carbocycles. The van der Waals surface area contributed by atoms with E-state index in [1.807, 2.05) is 12.1 Å². The van der Waals surface area contributed by atoms with Gasteiger partial charge in [0.2, 0.25) is 5.91 Å². The van der Waals surface area contributed by atoms with Gasteiger partial charge in [-0.05, 0) is 23.6 Å². The molecule has 1 amide bonds. The number of benzene rings is 1. The summed E-state index contributed by atoms with van der Waals surface area (Å²) in [5, 5.41) is 2.97. The Bertz CT molecular complexity index is 494. The lowest BCUT2D eigenvalue weighted by atomic mass is 9.84. The molecule has 0 aliphatic carbocycles. The van der Waals surface area contributed by atoms with Gasteiger partial charge < -0.3 is 20.5 Å². The number of nitrogens with two attached hydrogens (primary N) is 1. The van der Waals surface area contributed by atoms with Crippen LogP contribution in [0.1, 0.15) is 39.7 Å². The Morgan fingerprint density at radius 1 is 1.25 bits per heavy atom. The van der Waals surface area contributed by atoms with Gasteiger partial charge in [0, 0.05) is 25.6 Å². The zero-order valence-electron chi connectivity index (χ0n) is 15.6. The van der Waals surface area contributed by atoms with Crippen molar-refractivity contribution in [2.45, 2.75) is 45.6 Å². The summed E-state index contributed by atoms with van der Waals surface area (Å²) in [5.74, 6) is 1.33. The third-order valence-electron chi connectivity index (χ3n) is 3.96. The summed E-state index contributed by atoms with van der Waals surface area (Å²) in [6.07, 6.45) is 0.0518. The molecule has 5 heteroatoms. The van der Waals surface area contributed by atoms with E-state index >= 15 is 0 Å². The molecule has 24 heavy (non-hydrogen) atoms. The number of methoxy groups -OCH3 is 1. The topological polar surface area (TPSA) is 73.6 Å². The first kappa shape index (κ1) is 20.5. The van der Waals surface area contributed by atoms with Crippen molar-refractivity contribution in [3.8, 4) is 5.75 Å². The van der Waals surface area contributed by atoms with Crippen LogP contribution in [0.15, 0.2) is 24.3 Å². The first-order valence-electron chi connectivity index (χ1n) is 8.51. The number of nitrogens with one attached hydrogen (secondary N) is 1. The third-order valence-corrected chi connectivity index (χ3v) is 3.96. The molecule has 0 aliphatic rings. The molecule has 0 aliphatic heterocycles. The van der Waals surface area contributed by atoms with E-state index in [2.05, 4.69) is 45.1 Å². The van der Waals surface area contributed by atoms with Crippen molar-refractivity contribution in [2.75, 3.05) is 26.8 Å². The molecular formula is C19H32N2O3. The number of carbonyl (C=O) groups is 1. The quantitative estimate of drug-likeness (QED) is 0.688. The van der Waals surface area contributed by atoms with Gasteiger partial charge in [-0.1, -0.05) is 39.8 Å². The van der Waals surface area contributed by atoms with Crippen LogP contribution in [0.5, 0.6) is 5.75 Å². The Hall–Kier alpha value is -1.59. The molecule has 0 aromatic heterocycles. The van der Waals surface area contributed by atoms with Gasteiger partial charge in [0.25, 0.3) is 0 Å². The van der Waals surface area contributed by atoms with Crippen LogP contribution in [0, 0.1) is 5.92 Å². The minimum Gasteiger partial charge on any atom is -0.493 e. The minimum atomic E-state index is -0.231. The van der Waals surface area contributed by atoms with Gasteiger partial charge in [-0.3, -0.25) is 4.79 Å². The predicted octanol–water partition coefficient (Wildman–Crippen LogP) is 2.48. The molecule has 1 aromatic rings. The highest BCUT2D eigenvalue weighted by atomic mass is 16.5. The molecule has 3 N–H and O–H groups in total. The molecule has 5 nitrogen and oxygen atoms in total. The fourth-order valence-electron chi connectivity index (χ4n) is 2.23. The van der Waals surface area contributed by atoms with Crippen molar-refractivity contribution in [3.63, 3.8) is 0 Å². The van der Waals surface area contributed by atoms with E-state index in [1.165, 1.54) is 0 Å². The van der Waals surface area contributed by atoms with E-state index < -0.39 is 0 Å². The summed E-state index contributed by atoms with van der Waals surface area (Å²) < 4.78 is 10.8. The summed E-state index contributed by atoms with van der Waals surface area (Å²) in [6.45, 7) is 10.1. The van der Waals surface area contributed by atoms with Gasteiger partial charge in [-0.15, -0.1) is 0 Å². The Balaban J connectivity index is 2.56. The Morgan fingerprint density at radius 3 is 2.38 bits per heavy atom. The predicted molar refractivity (Wildman–Crippen MR) is 97.3 cm³/mol. The highest BCUT2D eigenvalue weighted by Crippen LogP contribution is 2.25. The van der Waals surface area contributed by atoms with Crippen molar-refractivity contribution < 1.29 is 14.3 Å². The van der Waals surface area contributed by atoms with E-state index in [-0.39, 0.29) is 23.8 Å². The van der Waals surface area contributed by atoms with E-state index in [0.29, 0.717) is 25.6 Å². The van der Waals surface area contributed by atoms with E-state index in [4.69, 9.17) is 15.2 Å². The molecule has 1 atom stereocenters. The maximum absolute atomic E-state index is 12.0. The second-order valence-electron chi connectivity index (χ2n) is 7.19. The average molecular weight is 336 g/mol. The van der Waals surface area contributed by atoms with Crippen molar-refractivity contribution in [1.29, 1.82) is 0 Å². The molecule has 0 saturated carbocycles. The van der Waals surface area contributed by atoms with Crippen molar-refractivity contribution in [1.82, 2.24) is 5.32 Å². The monoisotopic (exact) mass is 336 g/mol. The van der Waals surface area contributed by atoms with Crippen LogP contribution in [0.2, 0.25) is 0 Å². The SMILES string of the molecule is COC(CN)CC(=O)NCC(C)(C)c1ccc(OCC(C)C)cc1. The first-order chi connectivity index (χ1) is 11.3. The van der Waals surface area contributed by atoms with E-state index in [9.17, 15) is 4.79 Å². The Labute approximate surface area is 145 Å². The van der Waals surface area contributed by atoms with Gasteiger partial charge in [0.1, 0.15) is 5.75 Å². The van der Waals surface area contributed by atoms with Gasteiger partial charge >= 0.3 is 0 Å². The molecule has 0 spiro atoms. The molecule has 0 bridgehead atoms. The van der Waals surface area contributed by atoms with Crippen LogP contribution in [-0.4, -0.2) is 38.8 Å². The van der Waals surface area contributed by atoms with Crippen LogP contribution < -0.4 is 15.8 Å². The zero-order valence-corrected chi connectivity index (χ0v) is 15.6. The maximum Gasteiger partial charge on any atom is 0.222 e. The first-order valence-corrected chi connectivity index (χ1v) is 8.51. The van der Waals surface area contributed by atoms with Crippen LogP contribution in [0.25, 0.3) is 0 Å². The van der Waals surface area contributed by atoms with Crippen LogP contribution in [-0.2, 0) is 14.9 Å². The molecular weight excluding hydrogens is 304 g/mol. The summed E-state index contributed by atoms with van der Waals surface area (Å²) >= 11 is 0. The van der Waals surface area contributed by atoms with Gasteiger partial charge in [-0.2, -0.15) is 0 Å². The number of carbonyl (C=O) groups excluding carboxylic acids is 1. The van der Waals surface area contributed by atoms with Crippen LogP contribution in [0.4, 0.5) is 0 Å². The fourth-order valence-corrected chi connectivity index (χ4v) is 2.23. The normalized spacial score (nSPS) is 13.0. The third kappa shape index (κ3) is 6.89. The summed E-state index contributed by atoms with van der Waals surface area (Å²) in [5.41, 5.74) is 6.53. The standard InChI is InChI=1S/C19H32N2O3/c1-14(2)12-24-16-8-6-15(7-9-16)19(3,4)13-21-18(22)10-17(11-20)23-5/h6-9,14,17H,10-13,20H2,1-5H3,(H,21,22). The summed E-state index contributed by atoms with van der Waals surface area (Å²) in [7, 11) is 1.57. The highest BCUT2D eigenvalue weighted by Gasteiger charge is 2.22. The van der Waals surface area contributed by atoms with Gasteiger partial charge in [-0.25, -0.2) is 0 Å². The molecule has 0 heterocycles. The fraction of sp³-hybridized carbons (Fsp3) is 0.632. The van der Waals surface area contributed by atoms with Crippen molar-refractivity contribution in [2.24, 2.45) is 11.7 Å². The van der Waals surface area contributed by atoms with Crippen molar-refractivity contribution >= 4 is 5.91 Å². The Kier molecular flexibility index (Phi) is 8.22. The van der Waals surface area contributed by atoms with Gasteiger partial charge in [0.05, 0.1) is 19.1 Å². The summed E-state index contributed by atoms with van der Waals surface area (Å²) in [4.78, 5) is 12.0. The lowest BCUT2D eigenvalue weighted by molar-refractivity contribution is -0.123. The zero-order chi connectivity index (χ0) is 18.2. The molecule has 0 fully saturated rings. The second kappa shape index (κ2) is 9.64. The van der Waals surface area contributed by atoms with E-state index in [0.717, 1.165) is 11.3 Å². The smallest absolute Gasteiger partial charge is 0.222 e. The molecule has 0 saturated heterocycles. The molecule has 1 unspecified atom stereocenters. The minimum absolute atomic E-state index is 0.0442. The number of hydrogen-bond acceptors (Lipinski definition) is 4. The second-order valence-corrected chi connectivity index (χ2v) is 7.19. The lowest BCUT2D eigenvalue weighted by Crippen LogP contribution is -2.39. The van der Waals surface area contributed by atoms with E-state index in [1.54, 1.807) is 7.11 Å². The number of hydrogen-bond donors (Lipinski definition) is 2. The molecule has 136 valence electrons. The maximum atomic E-state index is 12.0. The largest absolute Gasteiger partial charge is 0.493 e. The number of ether oxygens (including phenoxy) is 2. The average Bonchev–Trinajstić information content (AvgIpc) is 2.56.